The lowest BCUT2D eigenvalue weighted by atomic mass is 10.1. The average molecular weight is 330 g/mol. The van der Waals surface area contributed by atoms with Crippen molar-refractivity contribution < 1.29 is 0 Å². The molecule has 4 nitrogen and oxygen atoms in total. The lowest BCUT2D eigenvalue weighted by Gasteiger charge is -2.11. The van der Waals surface area contributed by atoms with Crippen molar-refractivity contribution in [2.75, 3.05) is 36.8 Å². The number of anilines is 2. The minimum atomic E-state index is 0.678. The standard InChI is InChI=1S/C21H22N4/c22-16-17-5-3-8-19(15-17)24-13-11-23-12-14-25-21-10-4-7-18-6-1-2-9-20(18)21/h1-10,15,23-25H,11-14H2. The van der Waals surface area contributed by atoms with Crippen LogP contribution < -0.4 is 16.0 Å². The van der Waals surface area contributed by atoms with Crippen LogP contribution in [0, 0.1) is 11.3 Å². The van der Waals surface area contributed by atoms with Crippen molar-refractivity contribution in [3.8, 4) is 6.07 Å². The first-order chi connectivity index (χ1) is 12.4. The Balaban J connectivity index is 1.37. The largest absolute Gasteiger partial charge is 0.384 e. The van der Waals surface area contributed by atoms with Crippen molar-refractivity contribution in [1.82, 2.24) is 5.32 Å². The zero-order valence-electron chi connectivity index (χ0n) is 14.1. The maximum atomic E-state index is 8.89. The van der Waals surface area contributed by atoms with Crippen LogP contribution in [0.15, 0.2) is 66.7 Å². The summed E-state index contributed by atoms with van der Waals surface area (Å²) in [5, 5.41) is 21.6. The highest BCUT2D eigenvalue weighted by atomic mass is 15.0. The van der Waals surface area contributed by atoms with Crippen LogP contribution in [0.5, 0.6) is 0 Å². The number of hydrogen-bond donors (Lipinski definition) is 3. The first kappa shape index (κ1) is 16.8. The minimum absolute atomic E-state index is 0.678. The van der Waals surface area contributed by atoms with E-state index < -0.39 is 0 Å². The highest BCUT2D eigenvalue weighted by Crippen LogP contribution is 2.22. The van der Waals surface area contributed by atoms with Crippen LogP contribution in [0.4, 0.5) is 11.4 Å². The van der Waals surface area contributed by atoms with E-state index in [1.807, 2.05) is 24.3 Å². The molecule has 3 aromatic carbocycles. The molecular formula is C21H22N4. The second-order valence-electron chi connectivity index (χ2n) is 5.82. The summed E-state index contributed by atoms with van der Waals surface area (Å²) in [6, 6.07) is 24.4. The zero-order valence-corrected chi connectivity index (χ0v) is 14.1. The molecule has 0 bridgehead atoms. The fourth-order valence-electron chi connectivity index (χ4n) is 2.78. The third-order valence-electron chi connectivity index (χ3n) is 4.03. The second-order valence-corrected chi connectivity index (χ2v) is 5.82. The third-order valence-corrected chi connectivity index (χ3v) is 4.03. The summed E-state index contributed by atoms with van der Waals surface area (Å²) in [5.41, 5.74) is 2.83. The molecule has 0 aliphatic carbocycles. The Morgan fingerprint density at radius 2 is 1.52 bits per heavy atom. The maximum Gasteiger partial charge on any atom is 0.0992 e. The van der Waals surface area contributed by atoms with Gasteiger partial charge in [0.25, 0.3) is 0 Å². The van der Waals surface area contributed by atoms with E-state index in [1.165, 1.54) is 16.5 Å². The molecule has 0 aromatic heterocycles. The molecular weight excluding hydrogens is 308 g/mol. The Bertz CT molecular complexity index is 862. The van der Waals surface area contributed by atoms with E-state index in [0.717, 1.165) is 31.9 Å². The quantitative estimate of drug-likeness (QED) is 0.550. The fourth-order valence-corrected chi connectivity index (χ4v) is 2.78. The third kappa shape index (κ3) is 4.72. The second kappa shape index (κ2) is 8.72. The Morgan fingerprint density at radius 1 is 0.760 bits per heavy atom. The van der Waals surface area contributed by atoms with Gasteiger partial charge in [0.05, 0.1) is 11.6 Å². The van der Waals surface area contributed by atoms with Crippen molar-refractivity contribution >= 4 is 22.1 Å². The van der Waals surface area contributed by atoms with Crippen LogP contribution >= 0.6 is 0 Å². The van der Waals surface area contributed by atoms with E-state index in [4.69, 9.17) is 5.26 Å². The fraction of sp³-hybridized carbons (Fsp3) is 0.190. The molecule has 0 spiro atoms. The number of hydrogen-bond acceptors (Lipinski definition) is 4. The molecule has 3 aromatic rings. The van der Waals surface area contributed by atoms with Gasteiger partial charge in [-0.1, -0.05) is 42.5 Å². The summed E-state index contributed by atoms with van der Waals surface area (Å²) < 4.78 is 0. The molecule has 3 N–H and O–H groups in total. The first-order valence-electron chi connectivity index (χ1n) is 8.53. The Hall–Kier alpha value is -3.03. The average Bonchev–Trinajstić information content (AvgIpc) is 2.67. The van der Waals surface area contributed by atoms with Gasteiger partial charge in [0, 0.05) is 42.9 Å². The Kier molecular flexibility index (Phi) is 5.86. The Labute approximate surface area is 148 Å². The van der Waals surface area contributed by atoms with Gasteiger partial charge >= 0.3 is 0 Å². The highest BCUT2D eigenvalue weighted by molar-refractivity contribution is 5.93. The van der Waals surface area contributed by atoms with E-state index >= 15 is 0 Å². The van der Waals surface area contributed by atoms with E-state index in [2.05, 4.69) is 64.5 Å². The van der Waals surface area contributed by atoms with E-state index in [0.29, 0.717) is 5.56 Å². The van der Waals surface area contributed by atoms with Crippen LogP contribution in [0.25, 0.3) is 10.8 Å². The molecule has 126 valence electrons. The van der Waals surface area contributed by atoms with E-state index in [-0.39, 0.29) is 0 Å². The van der Waals surface area contributed by atoms with Crippen molar-refractivity contribution in [3.63, 3.8) is 0 Å². The smallest absolute Gasteiger partial charge is 0.0992 e. The molecule has 0 saturated carbocycles. The molecule has 0 saturated heterocycles. The summed E-state index contributed by atoms with van der Waals surface area (Å²) in [4.78, 5) is 0. The van der Waals surface area contributed by atoms with Gasteiger partial charge in [-0.2, -0.15) is 5.26 Å². The number of nitriles is 1. The van der Waals surface area contributed by atoms with Gasteiger partial charge < -0.3 is 16.0 Å². The summed E-state index contributed by atoms with van der Waals surface area (Å²) in [7, 11) is 0. The highest BCUT2D eigenvalue weighted by Gasteiger charge is 1.99. The number of rotatable bonds is 8. The first-order valence-corrected chi connectivity index (χ1v) is 8.53. The van der Waals surface area contributed by atoms with E-state index in [9.17, 15) is 0 Å². The molecule has 0 atom stereocenters. The van der Waals surface area contributed by atoms with Crippen LogP contribution in [0.2, 0.25) is 0 Å². The monoisotopic (exact) mass is 330 g/mol. The number of nitrogens with one attached hydrogen (secondary N) is 3. The van der Waals surface area contributed by atoms with Gasteiger partial charge in [0.1, 0.15) is 0 Å². The molecule has 4 heteroatoms. The van der Waals surface area contributed by atoms with Crippen molar-refractivity contribution in [2.24, 2.45) is 0 Å². The van der Waals surface area contributed by atoms with Gasteiger partial charge in [-0.15, -0.1) is 0 Å². The zero-order chi connectivity index (χ0) is 17.3. The maximum absolute atomic E-state index is 8.89. The summed E-state index contributed by atoms with van der Waals surface area (Å²) in [5.74, 6) is 0. The topological polar surface area (TPSA) is 59.9 Å². The summed E-state index contributed by atoms with van der Waals surface area (Å²) in [6.45, 7) is 3.46. The summed E-state index contributed by atoms with van der Waals surface area (Å²) in [6.07, 6.45) is 0. The molecule has 0 heterocycles. The SMILES string of the molecule is N#Cc1cccc(NCCNCCNc2cccc3ccccc23)c1. The number of benzene rings is 3. The lowest BCUT2D eigenvalue weighted by Crippen LogP contribution is -2.27. The lowest BCUT2D eigenvalue weighted by molar-refractivity contribution is 0.719. The van der Waals surface area contributed by atoms with Gasteiger partial charge in [-0.3, -0.25) is 0 Å². The van der Waals surface area contributed by atoms with Gasteiger partial charge in [0.15, 0.2) is 0 Å². The molecule has 25 heavy (non-hydrogen) atoms. The van der Waals surface area contributed by atoms with Gasteiger partial charge in [-0.25, -0.2) is 0 Å². The van der Waals surface area contributed by atoms with Crippen molar-refractivity contribution in [1.29, 1.82) is 5.26 Å². The van der Waals surface area contributed by atoms with E-state index in [1.54, 1.807) is 0 Å². The summed E-state index contributed by atoms with van der Waals surface area (Å²) >= 11 is 0. The van der Waals surface area contributed by atoms with Gasteiger partial charge in [-0.05, 0) is 29.7 Å². The van der Waals surface area contributed by atoms with Gasteiger partial charge in [0.2, 0.25) is 0 Å². The van der Waals surface area contributed by atoms with Crippen molar-refractivity contribution in [3.05, 3.63) is 72.3 Å². The number of fused-ring (bicyclic) bond motifs is 1. The van der Waals surface area contributed by atoms with Crippen LogP contribution in [-0.4, -0.2) is 26.2 Å². The van der Waals surface area contributed by atoms with Crippen LogP contribution in [-0.2, 0) is 0 Å². The molecule has 0 aliphatic rings. The Morgan fingerprint density at radius 3 is 2.40 bits per heavy atom. The predicted molar refractivity (Wildman–Crippen MR) is 105 cm³/mol. The molecule has 0 radical (unpaired) electrons. The molecule has 0 amide bonds. The van der Waals surface area contributed by atoms with Crippen LogP contribution in [0.1, 0.15) is 5.56 Å². The molecule has 0 fully saturated rings. The van der Waals surface area contributed by atoms with Crippen molar-refractivity contribution in [2.45, 2.75) is 0 Å². The van der Waals surface area contributed by atoms with Crippen LogP contribution in [0.3, 0.4) is 0 Å². The molecule has 3 rings (SSSR count). The predicted octanol–water partition coefficient (Wildman–Crippen LogP) is 3.83. The molecule has 0 aliphatic heterocycles. The minimum Gasteiger partial charge on any atom is -0.384 e. The normalized spacial score (nSPS) is 10.4. The molecule has 0 unspecified atom stereocenters. The number of nitrogens with zero attached hydrogens (tertiary/aromatic N) is 1.